The molecule has 1 saturated heterocycles. The molecular formula is C15H15ClF3NO2. The Kier molecular flexibility index (Phi) is 5.47. The number of ether oxygens (including phenoxy) is 1. The van der Waals surface area contributed by atoms with Crippen molar-refractivity contribution < 1.29 is 22.7 Å². The molecule has 0 aromatic heterocycles. The van der Waals surface area contributed by atoms with Gasteiger partial charge in [-0.15, -0.1) is 0 Å². The maximum absolute atomic E-state index is 12.6. The molecule has 3 nitrogen and oxygen atoms in total. The zero-order valence-electron chi connectivity index (χ0n) is 11.6. The Hall–Kier alpha value is -1.53. The minimum atomic E-state index is -4.45. The summed E-state index contributed by atoms with van der Waals surface area (Å²) >= 11 is 5.84. The summed E-state index contributed by atoms with van der Waals surface area (Å²) in [5, 5.41) is 2.79. The minimum Gasteiger partial charge on any atom is -0.376 e. The number of hydrogen-bond donors (Lipinski definition) is 1. The number of rotatable bonds is 4. The minimum absolute atomic E-state index is 0.00879. The lowest BCUT2D eigenvalue weighted by Crippen LogP contribution is -2.30. The van der Waals surface area contributed by atoms with Gasteiger partial charge in [0.25, 0.3) is 0 Å². The molecule has 0 saturated carbocycles. The number of carbonyl (C=O) groups excluding carboxylic acids is 1. The fourth-order valence-electron chi connectivity index (χ4n) is 2.09. The summed E-state index contributed by atoms with van der Waals surface area (Å²) in [5.74, 6) is -0.399. The van der Waals surface area contributed by atoms with E-state index < -0.39 is 17.6 Å². The van der Waals surface area contributed by atoms with Gasteiger partial charge in [-0.05, 0) is 42.7 Å². The van der Waals surface area contributed by atoms with Crippen LogP contribution in [0.25, 0.3) is 6.08 Å². The van der Waals surface area contributed by atoms with E-state index in [1.54, 1.807) is 0 Å². The molecule has 0 bridgehead atoms. The lowest BCUT2D eigenvalue weighted by atomic mass is 10.1. The average Bonchev–Trinajstić information content (AvgIpc) is 2.96. The molecule has 1 heterocycles. The van der Waals surface area contributed by atoms with E-state index in [0.29, 0.717) is 13.2 Å². The zero-order chi connectivity index (χ0) is 16.2. The summed E-state index contributed by atoms with van der Waals surface area (Å²) in [6, 6.07) is 2.97. The van der Waals surface area contributed by atoms with Gasteiger partial charge >= 0.3 is 6.18 Å². The van der Waals surface area contributed by atoms with Crippen LogP contribution in [0.2, 0.25) is 5.02 Å². The van der Waals surface area contributed by atoms with Crippen LogP contribution in [0.5, 0.6) is 0 Å². The van der Waals surface area contributed by atoms with Gasteiger partial charge in [0.1, 0.15) is 0 Å². The standard InChI is InChI=1S/C15H15ClF3NO2/c16-13-5-4-11(15(17,18)19)8-10(13)3-6-14(21)20-9-12-2-1-7-22-12/h3-6,8,12H,1-2,7,9H2,(H,20,21)/b6-3+. The monoisotopic (exact) mass is 333 g/mol. The number of carbonyl (C=O) groups is 1. The first-order valence-electron chi connectivity index (χ1n) is 6.80. The van der Waals surface area contributed by atoms with Crippen molar-refractivity contribution in [3.8, 4) is 0 Å². The van der Waals surface area contributed by atoms with E-state index in [9.17, 15) is 18.0 Å². The van der Waals surface area contributed by atoms with Gasteiger partial charge in [-0.3, -0.25) is 4.79 Å². The van der Waals surface area contributed by atoms with E-state index in [1.807, 2.05) is 0 Å². The molecule has 1 aromatic rings. The van der Waals surface area contributed by atoms with Gasteiger partial charge in [0, 0.05) is 24.3 Å². The van der Waals surface area contributed by atoms with Crippen LogP contribution in [0.4, 0.5) is 13.2 Å². The lowest BCUT2D eigenvalue weighted by Gasteiger charge is -2.09. The van der Waals surface area contributed by atoms with E-state index in [1.165, 1.54) is 6.08 Å². The summed E-state index contributed by atoms with van der Waals surface area (Å²) in [6.45, 7) is 1.08. The number of halogens is 4. The van der Waals surface area contributed by atoms with E-state index in [-0.39, 0.29) is 16.7 Å². The Morgan fingerprint density at radius 3 is 2.86 bits per heavy atom. The summed E-state index contributed by atoms with van der Waals surface area (Å²) in [5.41, 5.74) is -0.667. The third-order valence-electron chi connectivity index (χ3n) is 3.27. The Bertz CT molecular complexity index is 566. The van der Waals surface area contributed by atoms with E-state index >= 15 is 0 Å². The summed E-state index contributed by atoms with van der Waals surface area (Å²) in [4.78, 5) is 11.6. The maximum Gasteiger partial charge on any atom is 0.416 e. The normalized spacial score (nSPS) is 18.8. The first-order chi connectivity index (χ1) is 10.4. The highest BCUT2D eigenvalue weighted by Crippen LogP contribution is 2.32. The van der Waals surface area contributed by atoms with Crippen LogP contribution in [0, 0.1) is 0 Å². The summed E-state index contributed by atoms with van der Waals surface area (Å²) in [6.07, 6.45) is -0.150. The third-order valence-corrected chi connectivity index (χ3v) is 3.61. The Morgan fingerprint density at radius 1 is 1.45 bits per heavy atom. The van der Waals surface area contributed by atoms with Crippen LogP contribution >= 0.6 is 11.6 Å². The Labute approximate surface area is 131 Å². The molecule has 120 valence electrons. The van der Waals surface area contributed by atoms with Crippen LogP contribution in [0.3, 0.4) is 0 Å². The largest absolute Gasteiger partial charge is 0.416 e. The molecular weight excluding hydrogens is 319 g/mol. The van der Waals surface area contributed by atoms with Gasteiger partial charge in [0.15, 0.2) is 0 Å². The second-order valence-corrected chi connectivity index (χ2v) is 5.35. The van der Waals surface area contributed by atoms with Gasteiger partial charge in [-0.2, -0.15) is 13.2 Å². The van der Waals surface area contributed by atoms with Crippen molar-refractivity contribution in [2.75, 3.05) is 13.2 Å². The van der Waals surface area contributed by atoms with Crippen LogP contribution < -0.4 is 5.32 Å². The van der Waals surface area contributed by atoms with Crippen molar-refractivity contribution in [3.63, 3.8) is 0 Å². The third kappa shape index (κ3) is 4.74. The molecule has 1 aliphatic heterocycles. The fraction of sp³-hybridized carbons (Fsp3) is 0.400. The second-order valence-electron chi connectivity index (χ2n) is 4.95. The topological polar surface area (TPSA) is 38.3 Å². The first-order valence-corrected chi connectivity index (χ1v) is 7.18. The van der Waals surface area contributed by atoms with Gasteiger partial charge < -0.3 is 10.1 Å². The summed E-state index contributed by atoms with van der Waals surface area (Å²) < 4.78 is 43.2. The quantitative estimate of drug-likeness (QED) is 0.854. The average molecular weight is 334 g/mol. The molecule has 2 rings (SSSR count). The van der Waals surface area contributed by atoms with Crippen molar-refractivity contribution >= 4 is 23.6 Å². The van der Waals surface area contributed by atoms with E-state index in [2.05, 4.69) is 5.32 Å². The SMILES string of the molecule is O=C(/C=C/c1cc(C(F)(F)F)ccc1Cl)NCC1CCCO1. The van der Waals surface area contributed by atoms with E-state index in [4.69, 9.17) is 16.3 Å². The molecule has 1 aromatic carbocycles. The maximum atomic E-state index is 12.6. The first kappa shape index (κ1) is 16.8. The highest BCUT2D eigenvalue weighted by molar-refractivity contribution is 6.32. The van der Waals surface area contributed by atoms with E-state index in [0.717, 1.165) is 37.1 Å². The van der Waals surface area contributed by atoms with Gasteiger partial charge in [-0.25, -0.2) is 0 Å². The zero-order valence-corrected chi connectivity index (χ0v) is 12.4. The number of nitrogens with one attached hydrogen (secondary N) is 1. The molecule has 0 radical (unpaired) electrons. The van der Waals surface area contributed by atoms with Crippen molar-refractivity contribution in [2.24, 2.45) is 0 Å². The molecule has 0 spiro atoms. The van der Waals surface area contributed by atoms with Crippen LogP contribution in [-0.2, 0) is 15.7 Å². The highest BCUT2D eigenvalue weighted by Gasteiger charge is 2.30. The molecule has 1 amide bonds. The predicted octanol–water partition coefficient (Wildman–Crippen LogP) is 3.67. The molecule has 22 heavy (non-hydrogen) atoms. The smallest absolute Gasteiger partial charge is 0.376 e. The number of benzene rings is 1. The molecule has 1 N–H and O–H groups in total. The molecule has 1 aliphatic rings. The highest BCUT2D eigenvalue weighted by atomic mass is 35.5. The lowest BCUT2D eigenvalue weighted by molar-refractivity contribution is -0.137. The molecule has 0 aliphatic carbocycles. The van der Waals surface area contributed by atoms with Crippen LogP contribution in [0.15, 0.2) is 24.3 Å². The Morgan fingerprint density at radius 2 is 2.23 bits per heavy atom. The fourth-order valence-corrected chi connectivity index (χ4v) is 2.27. The van der Waals surface area contributed by atoms with Gasteiger partial charge in [-0.1, -0.05) is 11.6 Å². The van der Waals surface area contributed by atoms with Crippen molar-refractivity contribution in [1.82, 2.24) is 5.32 Å². The van der Waals surface area contributed by atoms with Gasteiger partial charge in [0.2, 0.25) is 5.91 Å². The number of amides is 1. The van der Waals surface area contributed by atoms with Gasteiger partial charge in [0.05, 0.1) is 11.7 Å². The number of hydrogen-bond acceptors (Lipinski definition) is 2. The molecule has 1 unspecified atom stereocenters. The van der Waals surface area contributed by atoms with Crippen molar-refractivity contribution in [3.05, 3.63) is 40.4 Å². The molecule has 1 atom stereocenters. The van der Waals surface area contributed by atoms with Crippen LogP contribution in [0.1, 0.15) is 24.0 Å². The Balaban J connectivity index is 1.97. The van der Waals surface area contributed by atoms with Crippen LogP contribution in [-0.4, -0.2) is 25.2 Å². The summed E-state index contributed by atoms with van der Waals surface area (Å²) in [7, 11) is 0. The predicted molar refractivity (Wildman–Crippen MR) is 77.5 cm³/mol. The van der Waals surface area contributed by atoms with Crippen molar-refractivity contribution in [1.29, 1.82) is 0 Å². The molecule has 1 fully saturated rings. The number of alkyl halides is 3. The molecule has 7 heteroatoms. The second kappa shape index (κ2) is 7.15. The van der Waals surface area contributed by atoms with Crippen molar-refractivity contribution in [2.45, 2.75) is 25.1 Å².